The molecule has 1 fully saturated rings. The molecule has 0 amide bonds. The molecule has 0 aromatic heterocycles. The van der Waals surface area contributed by atoms with Crippen molar-refractivity contribution < 1.29 is 0 Å². The Balaban J connectivity index is 1.83. The molecule has 1 aliphatic heterocycles. The first-order valence-corrected chi connectivity index (χ1v) is 7.32. The Kier molecular flexibility index (Phi) is 3.39. The number of para-hydroxylation sites is 1. The van der Waals surface area contributed by atoms with E-state index in [0.29, 0.717) is 5.92 Å². The van der Waals surface area contributed by atoms with Crippen molar-refractivity contribution in [3.63, 3.8) is 0 Å². The average Bonchev–Trinajstić information content (AvgIpc) is 2.88. The Morgan fingerprint density at radius 3 is 2.45 bits per heavy atom. The molecular formula is C18H22N2. The van der Waals surface area contributed by atoms with Crippen LogP contribution in [-0.4, -0.2) is 13.1 Å². The van der Waals surface area contributed by atoms with Crippen molar-refractivity contribution in [3.05, 3.63) is 59.2 Å². The van der Waals surface area contributed by atoms with Gasteiger partial charge in [-0.15, -0.1) is 0 Å². The van der Waals surface area contributed by atoms with Gasteiger partial charge < -0.3 is 10.6 Å². The molecule has 2 aromatic carbocycles. The summed E-state index contributed by atoms with van der Waals surface area (Å²) in [5.41, 5.74) is 12.3. The van der Waals surface area contributed by atoms with Gasteiger partial charge in [0, 0.05) is 30.4 Å². The van der Waals surface area contributed by atoms with Gasteiger partial charge in [0.25, 0.3) is 0 Å². The summed E-state index contributed by atoms with van der Waals surface area (Å²) < 4.78 is 0. The molecule has 2 aromatic rings. The van der Waals surface area contributed by atoms with E-state index in [1.165, 1.54) is 28.8 Å². The van der Waals surface area contributed by atoms with Crippen LogP contribution in [0.2, 0.25) is 0 Å². The first-order chi connectivity index (χ1) is 9.65. The summed E-state index contributed by atoms with van der Waals surface area (Å²) in [6, 6.07) is 14.9. The molecular weight excluding hydrogens is 244 g/mol. The predicted molar refractivity (Wildman–Crippen MR) is 86.3 cm³/mol. The molecule has 0 spiro atoms. The van der Waals surface area contributed by atoms with Crippen molar-refractivity contribution in [3.8, 4) is 0 Å². The van der Waals surface area contributed by atoms with Crippen LogP contribution in [0.25, 0.3) is 0 Å². The molecule has 1 heterocycles. The number of anilines is 2. The van der Waals surface area contributed by atoms with Crippen LogP contribution in [0.5, 0.6) is 0 Å². The third-order valence-corrected chi connectivity index (χ3v) is 4.33. The van der Waals surface area contributed by atoms with Gasteiger partial charge in [-0.2, -0.15) is 0 Å². The molecule has 1 atom stereocenters. The number of hydrogen-bond donors (Lipinski definition) is 1. The van der Waals surface area contributed by atoms with Gasteiger partial charge in [-0.25, -0.2) is 0 Å². The standard InChI is InChI=1S/C18H22N2/c1-13-5-3-6-14(2)18(13)20-10-9-16(12-20)15-7-4-8-17(19)11-15/h3-8,11,16H,9-10,12,19H2,1-2H3. The minimum atomic E-state index is 0.595. The minimum absolute atomic E-state index is 0.595. The Hall–Kier alpha value is -1.96. The van der Waals surface area contributed by atoms with E-state index in [0.717, 1.165) is 18.8 Å². The summed E-state index contributed by atoms with van der Waals surface area (Å²) in [4.78, 5) is 2.53. The lowest BCUT2D eigenvalue weighted by atomic mass is 9.98. The Morgan fingerprint density at radius 1 is 1.05 bits per heavy atom. The molecule has 2 heteroatoms. The molecule has 20 heavy (non-hydrogen) atoms. The summed E-state index contributed by atoms with van der Waals surface area (Å²) >= 11 is 0. The van der Waals surface area contributed by atoms with Crippen molar-refractivity contribution in [1.29, 1.82) is 0 Å². The molecule has 2 N–H and O–H groups in total. The number of aryl methyl sites for hydroxylation is 2. The molecule has 0 bridgehead atoms. The van der Waals surface area contributed by atoms with Crippen molar-refractivity contribution in [2.24, 2.45) is 0 Å². The van der Waals surface area contributed by atoms with Crippen molar-refractivity contribution in [1.82, 2.24) is 0 Å². The fourth-order valence-corrected chi connectivity index (χ4v) is 3.35. The van der Waals surface area contributed by atoms with E-state index in [1.807, 2.05) is 6.07 Å². The zero-order valence-electron chi connectivity index (χ0n) is 12.3. The van der Waals surface area contributed by atoms with Crippen LogP contribution < -0.4 is 10.6 Å². The van der Waals surface area contributed by atoms with Crippen molar-refractivity contribution >= 4 is 11.4 Å². The summed E-state index contributed by atoms with van der Waals surface area (Å²) in [6.07, 6.45) is 1.21. The van der Waals surface area contributed by atoms with Gasteiger partial charge in [0.2, 0.25) is 0 Å². The number of benzene rings is 2. The lowest BCUT2D eigenvalue weighted by Crippen LogP contribution is -2.21. The summed E-state index contributed by atoms with van der Waals surface area (Å²) in [5, 5.41) is 0. The Bertz CT molecular complexity index is 598. The number of nitrogen functional groups attached to an aromatic ring is 1. The van der Waals surface area contributed by atoms with Crippen LogP contribution in [0.3, 0.4) is 0 Å². The van der Waals surface area contributed by atoms with Gasteiger partial charge in [0.15, 0.2) is 0 Å². The Labute approximate surface area is 121 Å². The highest BCUT2D eigenvalue weighted by Crippen LogP contribution is 2.34. The monoisotopic (exact) mass is 266 g/mol. The van der Waals surface area contributed by atoms with Crippen LogP contribution in [0.15, 0.2) is 42.5 Å². The van der Waals surface area contributed by atoms with Gasteiger partial charge in [0.05, 0.1) is 0 Å². The Morgan fingerprint density at radius 2 is 1.75 bits per heavy atom. The molecule has 104 valence electrons. The molecule has 0 aliphatic carbocycles. The third-order valence-electron chi connectivity index (χ3n) is 4.33. The number of rotatable bonds is 2. The fraction of sp³-hybridized carbons (Fsp3) is 0.333. The van der Waals surface area contributed by atoms with Crippen LogP contribution in [0, 0.1) is 13.8 Å². The lowest BCUT2D eigenvalue weighted by molar-refractivity contribution is 0.775. The quantitative estimate of drug-likeness (QED) is 0.836. The van der Waals surface area contributed by atoms with Gasteiger partial charge >= 0.3 is 0 Å². The predicted octanol–water partition coefficient (Wildman–Crippen LogP) is 3.88. The summed E-state index contributed by atoms with van der Waals surface area (Å²) in [6.45, 7) is 6.63. The minimum Gasteiger partial charge on any atom is -0.399 e. The SMILES string of the molecule is Cc1cccc(C)c1N1CCC(c2cccc(N)c2)C1. The smallest absolute Gasteiger partial charge is 0.0425 e. The van der Waals surface area contributed by atoms with Crippen LogP contribution in [0.4, 0.5) is 11.4 Å². The normalized spacial score (nSPS) is 18.5. The molecule has 3 rings (SSSR count). The topological polar surface area (TPSA) is 29.3 Å². The van der Waals surface area contributed by atoms with E-state index in [9.17, 15) is 0 Å². The van der Waals surface area contributed by atoms with E-state index in [1.54, 1.807) is 0 Å². The first kappa shape index (κ1) is 13.0. The van der Waals surface area contributed by atoms with Gasteiger partial charge in [0.1, 0.15) is 0 Å². The second-order valence-electron chi connectivity index (χ2n) is 5.84. The highest BCUT2D eigenvalue weighted by Gasteiger charge is 2.25. The maximum atomic E-state index is 5.91. The zero-order chi connectivity index (χ0) is 14.1. The lowest BCUT2D eigenvalue weighted by Gasteiger charge is -2.23. The molecule has 0 saturated carbocycles. The maximum Gasteiger partial charge on any atom is 0.0425 e. The molecule has 1 saturated heterocycles. The number of nitrogens with zero attached hydrogens (tertiary/aromatic N) is 1. The fourth-order valence-electron chi connectivity index (χ4n) is 3.35. The van der Waals surface area contributed by atoms with E-state index >= 15 is 0 Å². The molecule has 1 unspecified atom stereocenters. The van der Waals surface area contributed by atoms with E-state index in [-0.39, 0.29) is 0 Å². The van der Waals surface area contributed by atoms with Crippen LogP contribution in [0.1, 0.15) is 29.0 Å². The summed E-state index contributed by atoms with van der Waals surface area (Å²) in [7, 11) is 0. The van der Waals surface area contributed by atoms with Crippen LogP contribution >= 0.6 is 0 Å². The molecule has 0 radical (unpaired) electrons. The van der Waals surface area contributed by atoms with E-state index in [2.05, 4.69) is 55.1 Å². The molecule has 1 aliphatic rings. The first-order valence-electron chi connectivity index (χ1n) is 7.32. The van der Waals surface area contributed by atoms with Crippen molar-refractivity contribution in [2.75, 3.05) is 23.7 Å². The van der Waals surface area contributed by atoms with Gasteiger partial charge in [-0.05, 0) is 49.1 Å². The number of hydrogen-bond acceptors (Lipinski definition) is 2. The average molecular weight is 266 g/mol. The van der Waals surface area contributed by atoms with Crippen molar-refractivity contribution in [2.45, 2.75) is 26.2 Å². The van der Waals surface area contributed by atoms with Gasteiger partial charge in [-0.1, -0.05) is 30.3 Å². The second-order valence-corrected chi connectivity index (χ2v) is 5.84. The third kappa shape index (κ3) is 2.38. The number of nitrogens with two attached hydrogens (primary N) is 1. The van der Waals surface area contributed by atoms with Gasteiger partial charge in [-0.3, -0.25) is 0 Å². The second kappa shape index (κ2) is 5.20. The molecule has 2 nitrogen and oxygen atoms in total. The van der Waals surface area contributed by atoms with Crippen LogP contribution in [-0.2, 0) is 0 Å². The van der Waals surface area contributed by atoms with E-state index in [4.69, 9.17) is 5.73 Å². The highest BCUT2D eigenvalue weighted by molar-refractivity contribution is 5.60. The maximum absolute atomic E-state index is 5.91. The van der Waals surface area contributed by atoms with E-state index < -0.39 is 0 Å². The summed E-state index contributed by atoms with van der Waals surface area (Å²) in [5.74, 6) is 0.595. The highest BCUT2D eigenvalue weighted by atomic mass is 15.2. The zero-order valence-corrected chi connectivity index (χ0v) is 12.3. The largest absolute Gasteiger partial charge is 0.399 e.